The number of benzene rings is 2. The number of rotatable bonds is 7. The maximum Gasteiger partial charge on any atom is 0.246 e. The summed E-state index contributed by atoms with van der Waals surface area (Å²) in [7, 11) is -2.34. The Hall–Kier alpha value is -2.59. The Morgan fingerprint density at radius 3 is 2.58 bits per heavy atom. The number of halogens is 2. The standard InChI is InChI=1S/C21H18ClFN4O2S2/c1-26-11-16(10-24-26)21-25-17(14-30-21)13-27(12-15-6-2-3-7-18(15)22)31(28,29)20-9-5-4-8-19(20)23/h2-11,14H,12-13H2,1H3. The lowest BCUT2D eigenvalue weighted by Crippen LogP contribution is -2.31. The van der Waals surface area contributed by atoms with Gasteiger partial charge < -0.3 is 0 Å². The molecule has 0 fully saturated rings. The van der Waals surface area contributed by atoms with E-state index in [0.717, 1.165) is 16.6 Å². The Morgan fingerprint density at radius 2 is 1.87 bits per heavy atom. The van der Waals surface area contributed by atoms with Crippen LogP contribution in [0.4, 0.5) is 4.39 Å². The zero-order chi connectivity index (χ0) is 22.0. The first-order valence-electron chi connectivity index (χ1n) is 9.26. The van der Waals surface area contributed by atoms with Crippen molar-refractivity contribution < 1.29 is 12.8 Å². The molecule has 4 aromatic rings. The minimum Gasteiger partial charge on any atom is -0.275 e. The van der Waals surface area contributed by atoms with E-state index in [-0.39, 0.29) is 18.0 Å². The van der Waals surface area contributed by atoms with Gasteiger partial charge in [-0.05, 0) is 23.8 Å². The normalized spacial score (nSPS) is 11.9. The number of aromatic nitrogens is 3. The van der Waals surface area contributed by atoms with E-state index in [2.05, 4.69) is 10.1 Å². The van der Waals surface area contributed by atoms with E-state index in [0.29, 0.717) is 16.3 Å². The number of nitrogens with zero attached hydrogens (tertiary/aromatic N) is 4. The quantitative estimate of drug-likeness (QED) is 0.387. The van der Waals surface area contributed by atoms with Crippen LogP contribution in [-0.2, 0) is 30.2 Å². The fraction of sp³-hybridized carbons (Fsp3) is 0.143. The van der Waals surface area contributed by atoms with Gasteiger partial charge in [-0.25, -0.2) is 17.8 Å². The SMILES string of the molecule is Cn1cc(-c2nc(CN(Cc3ccccc3Cl)S(=O)(=O)c3ccccc3F)cs2)cn1. The Balaban J connectivity index is 1.70. The van der Waals surface area contributed by atoms with Crippen LogP contribution in [0.3, 0.4) is 0 Å². The number of sulfonamides is 1. The van der Waals surface area contributed by atoms with Crippen molar-refractivity contribution in [2.45, 2.75) is 18.0 Å². The van der Waals surface area contributed by atoms with Crippen LogP contribution in [0.15, 0.2) is 71.2 Å². The summed E-state index contributed by atoms with van der Waals surface area (Å²) in [5.74, 6) is -0.805. The molecule has 160 valence electrons. The third-order valence-electron chi connectivity index (χ3n) is 4.60. The third-order valence-corrected chi connectivity index (χ3v) is 7.73. The molecule has 4 rings (SSSR count). The summed E-state index contributed by atoms with van der Waals surface area (Å²) in [6, 6.07) is 12.3. The first-order valence-corrected chi connectivity index (χ1v) is 12.0. The van der Waals surface area contributed by atoms with Crippen molar-refractivity contribution in [1.82, 2.24) is 19.1 Å². The van der Waals surface area contributed by atoms with Crippen molar-refractivity contribution in [3.05, 3.63) is 88.4 Å². The van der Waals surface area contributed by atoms with Crippen molar-refractivity contribution in [2.24, 2.45) is 7.05 Å². The molecule has 0 saturated carbocycles. The molecule has 2 heterocycles. The molecule has 31 heavy (non-hydrogen) atoms. The average molecular weight is 477 g/mol. The molecule has 10 heteroatoms. The average Bonchev–Trinajstić information content (AvgIpc) is 3.38. The number of hydrogen-bond donors (Lipinski definition) is 0. The van der Waals surface area contributed by atoms with Crippen molar-refractivity contribution in [1.29, 1.82) is 0 Å². The van der Waals surface area contributed by atoms with E-state index < -0.39 is 15.8 Å². The van der Waals surface area contributed by atoms with Crippen LogP contribution in [0, 0.1) is 5.82 Å². The molecule has 0 radical (unpaired) electrons. The van der Waals surface area contributed by atoms with Crippen LogP contribution in [0.1, 0.15) is 11.3 Å². The molecule has 0 amide bonds. The summed E-state index contributed by atoms with van der Waals surface area (Å²) in [6.07, 6.45) is 3.53. The van der Waals surface area contributed by atoms with Gasteiger partial charge in [0.2, 0.25) is 10.0 Å². The molecule has 0 aliphatic carbocycles. The highest BCUT2D eigenvalue weighted by molar-refractivity contribution is 7.89. The van der Waals surface area contributed by atoms with E-state index in [1.807, 2.05) is 13.2 Å². The summed E-state index contributed by atoms with van der Waals surface area (Å²) in [6.45, 7) is -0.0469. The molecule has 0 unspecified atom stereocenters. The van der Waals surface area contributed by atoms with E-state index in [4.69, 9.17) is 11.6 Å². The predicted octanol–water partition coefficient (Wildman–Crippen LogP) is 4.73. The molecular weight excluding hydrogens is 459 g/mol. The minimum atomic E-state index is -4.15. The third kappa shape index (κ3) is 4.69. The van der Waals surface area contributed by atoms with Gasteiger partial charge in [0.1, 0.15) is 15.7 Å². The van der Waals surface area contributed by atoms with Crippen LogP contribution < -0.4 is 0 Å². The number of aryl methyl sites for hydroxylation is 1. The van der Waals surface area contributed by atoms with Gasteiger partial charge in [0.15, 0.2) is 0 Å². The van der Waals surface area contributed by atoms with E-state index >= 15 is 0 Å². The Morgan fingerprint density at radius 1 is 1.13 bits per heavy atom. The summed E-state index contributed by atoms with van der Waals surface area (Å²) in [5.41, 5.74) is 2.01. The van der Waals surface area contributed by atoms with Crippen molar-refractivity contribution in [3.8, 4) is 10.6 Å². The monoisotopic (exact) mass is 476 g/mol. The summed E-state index contributed by atoms with van der Waals surface area (Å²) >= 11 is 7.66. The highest BCUT2D eigenvalue weighted by atomic mass is 35.5. The van der Waals surface area contributed by atoms with Gasteiger partial charge in [0, 0.05) is 35.8 Å². The van der Waals surface area contributed by atoms with Gasteiger partial charge in [-0.2, -0.15) is 9.40 Å². The minimum absolute atomic E-state index is 0.0178. The van der Waals surface area contributed by atoms with Crippen LogP contribution in [0.5, 0.6) is 0 Å². The molecule has 2 aromatic carbocycles. The largest absolute Gasteiger partial charge is 0.275 e. The second-order valence-corrected chi connectivity index (χ2v) is 10.0. The van der Waals surface area contributed by atoms with Gasteiger partial charge in [-0.3, -0.25) is 4.68 Å². The predicted molar refractivity (Wildman–Crippen MR) is 119 cm³/mol. The van der Waals surface area contributed by atoms with Gasteiger partial charge in [0.05, 0.1) is 18.4 Å². The zero-order valence-corrected chi connectivity index (χ0v) is 18.8. The lowest BCUT2D eigenvalue weighted by Gasteiger charge is -2.22. The highest BCUT2D eigenvalue weighted by Gasteiger charge is 2.29. The highest BCUT2D eigenvalue weighted by Crippen LogP contribution is 2.28. The molecule has 0 aliphatic heterocycles. The van der Waals surface area contributed by atoms with Crippen LogP contribution in [0.2, 0.25) is 5.02 Å². The summed E-state index contributed by atoms with van der Waals surface area (Å²) < 4.78 is 44.0. The number of hydrogen-bond acceptors (Lipinski definition) is 5. The lowest BCUT2D eigenvalue weighted by atomic mass is 10.2. The van der Waals surface area contributed by atoms with Crippen LogP contribution >= 0.6 is 22.9 Å². The molecule has 0 aliphatic rings. The van der Waals surface area contributed by atoms with E-state index in [1.54, 1.807) is 40.5 Å². The Bertz CT molecular complexity index is 1320. The molecule has 0 spiro atoms. The topological polar surface area (TPSA) is 68.1 Å². The van der Waals surface area contributed by atoms with Crippen molar-refractivity contribution in [2.75, 3.05) is 0 Å². The fourth-order valence-electron chi connectivity index (χ4n) is 3.06. The van der Waals surface area contributed by atoms with Crippen molar-refractivity contribution >= 4 is 33.0 Å². The van der Waals surface area contributed by atoms with Gasteiger partial charge in [-0.15, -0.1) is 11.3 Å². The Labute approximate surface area is 188 Å². The molecule has 0 bridgehead atoms. The Kier molecular flexibility index (Phi) is 6.19. The number of thiazole rings is 1. The first-order chi connectivity index (χ1) is 14.8. The second kappa shape index (κ2) is 8.88. The molecule has 6 nitrogen and oxygen atoms in total. The van der Waals surface area contributed by atoms with Gasteiger partial charge in [-0.1, -0.05) is 41.9 Å². The van der Waals surface area contributed by atoms with E-state index in [1.165, 1.54) is 33.8 Å². The molecule has 0 N–H and O–H groups in total. The second-order valence-electron chi connectivity index (χ2n) is 6.84. The van der Waals surface area contributed by atoms with Crippen LogP contribution in [-0.4, -0.2) is 27.5 Å². The van der Waals surface area contributed by atoms with Gasteiger partial charge >= 0.3 is 0 Å². The van der Waals surface area contributed by atoms with Gasteiger partial charge in [0.25, 0.3) is 0 Å². The molecular formula is C21H18ClFN4O2S2. The zero-order valence-electron chi connectivity index (χ0n) is 16.4. The maximum atomic E-state index is 14.4. The molecule has 0 atom stereocenters. The fourth-order valence-corrected chi connectivity index (χ4v) is 5.50. The van der Waals surface area contributed by atoms with Crippen molar-refractivity contribution in [3.63, 3.8) is 0 Å². The molecule has 2 aromatic heterocycles. The first kappa shape index (κ1) is 21.6. The summed E-state index contributed by atoms with van der Waals surface area (Å²) in [4.78, 5) is 4.18. The van der Waals surface area contributed by atoms with Crippen LogP contribution in [0.25, 0.3) is 10.6 Å². The lowest BCUT2D eigenvalue weighted by molar-refractivity contribution is 0.394. The maximum absolute atomic E-state index is 14.4. The smallest absolute Gasteiger partial charge is 0.246 e. The van der Waals surface area contributed by atoms with E-state index in [9.17, 15) is 12.8 Å². The molecule has 0 saturated heterocycles. The summed E-state index contributed by atoms with van der Waals surface area (Å²) in [5, 5.41) is 7.09.